The average molecular weight is 263 g/mol. The average Bonchev–Trinajstić information content (AvgIpc) is 2.96. The van der Waals surface area contributed by atoms with E-state index < -0.39 is 18.4 Å². The molecule has 0 aromatic rings. The Labute approximate surface area is 109 Å². The molecule has 3 rings (SSSR count). The van der Waals surface area contributed by atoms with Gasteiger partial charge in [-0.1, -0.05) is 12.2 Å². The SMILES string of the molecule is CC1=CC(O/C=C2/C(=O)N[C@@H]3C=C[C@@H](O)[C@H]23)OC1=O. The van der Waals surface area contributed by atoms with E-state index in [0.717, 1.165) is 0 Å². The lowest BCUT2D eigenvalue weighted by Crippen LogP contribution is -2.27. The van der Waals surface area contributed by atoms with Gasteiger partial charge in [-0.15, -0.1) is 0 Å². The van der Waals surface area contributed by atoms with Crippen molar-refractivity contribution < 1.29 is 24.2 Å². The molecule has 2 aliphatic heterocycles. The standard InChI is InChI=1S/C13H13NO5/c1-6-4-10(19-13(6)17)18-5-7-11-8(14-12(7)16)2-3-9(11)15/h2-5,8-11,15H,1H3,(H,14,16)/b7-5+/t8-,9-,10?,11-/m1/s1. The minimum Gasteiger partial charge on any atom is -0.458 e. The Morgan fingerprint density at radius 1 is 1.42 bits per heavy atom. The van der Waals surface area contributed by atoms with E-state index in [4.69, 9.17) is 9.47 Å². The minimum absolute atomic E-state index is 0.194. The molecule has 4 atom stereocenters. The molecule has 1 amide bonds. The number of aliphatic hydroxyl groups is 1. The van der Waals surface area contributed by atoms with E-state index in [1.54, 1.807) is 19.1 Å². The molecule has 2 N–H and O–H groups in total. The summed E-state index contributed by atoms with van der Waals surface area (Å²) in [6.45, 7) is 1.63. The van der Waals surface area contributed by atoms with E-state index in [0.29, 0.717) is 11.1 Å². The third kappa shape index (κ3) is 1.94. The van der Waals surface area contributed by atoms with Crippen LogP contribution < -0.4 is 5.32 Å². The maximum atomic E-state index is 11.7. The van der Waals surface area contributed by atoms with Gasteiger partial charge in [0.15, 0.2) is 0 Å². The van der Waals surface area contributed by atoms with Crippen LogP contribution in [0.5, 0.6) is 0 Å². The number of fused-ring (bicyclic) bond motifs is 1. The molecule has 0 spiro atoms. The summed E-state index contributed by atoms with van der Waals surface area (Å²) in [5, 5.41) is 12.5. The molecule has 0 radical (unpaired) electrons. The Bertz CT molecular complexity index is 533. The highest BCUT2D eigenvalue weighted by molar-refractivity contribution is 5.97. The van der Waals surface area contributed by atoms with Crippen molar-refractivity contribution in [3.8, 4) is 0 Å². The molecule has 0 bridgehead atoms. The van der Waals surface area contributed by atoms with Gasteiger partial charge < -0.3 is 19.9 Å². The number of ether oxygens (including phenoxy) is 2. The van der Waals surface area contributed by atoms with Gasteiger partial charge in [-0.2, -0.15) is 0 Å². The second-order valence-electron chi connectivity index (χ2n) is 4.73. The van der Waals surface area contributed by atoms with Crippen molar-refractivity contribution in [1.82, 2.24) is 5.32 Å². The summed E-state index contributed by atoms with van der Waals surface area (Å²) < 4.78 is 10.2. The number of carbonyl (C=O) groups excluding carboxylic acids is 2. The summed E-state index contributed by atoms with van der Waals surface area (Å²) in [4.78, 5) is 22.9. The third-order valence-electron chi connectivity index (χ3n) is 3.45. The molecule has 6 nitrogen and oxygen atoms in total. The number of hydrogen-bond acceptors (Lipinski definition) is 5. The summed E-state index contributed by atoms with van der Waals surface area (Å²) in [6.07, 6.45) is 4.69. The van der Waals surface area contributed by atoms with E-state index in [1.165, 1.54) is 12.3 Å². The molecule has 1 aliphatic carbocycles. The zero-order valence-corrected chi connectivity index (χ0v) is 10.2. The molecule has 2 heterocycles. The molecule has 1 fully saturated rings. The molecule has 0 saturated carbocycles. The highest BCUT2D eigenvalue weighted by Gasteiger charge is 2.43. The van der Waals surface area contributed by atoms with Crippen LogP contribution in [0, 0.1) is 5.92 Å². The van der Waals surface area contributed by atoms with E-state index in [9.17, 15) is 14.7 Å². The first kappa shape index (κ1) is 12.0. The van der Waals surface area contributed by atoms with Crippen LogP contribution in [-0.4, -0.2) is 35.4 Å². The van der Waals surface area contributed by atoms with Gasteiger partial charge in [0.2, 0.25) is 0 Å². The zero-order chi connectivity index (χ0) is 13.6. The van der Waals surface area contributed by atoms with Gasteiger partial charge in [-0.05, 0) is 6.92 Å². The number of amides is 1. The minimum atomic E-state index is -0.807. The monoisotopic (exact) mass is 263 g/mol. The first-order chi connectivity index (χ1) is 9.06. The molecule has 6 heteroatoms. The Hall–Kier alpha value is -2.08. The van der Waals surface area contributed by atoms with E-state index in [-0.39, 0.29) is 17.9 Å². The molecule has 0 aromatic carbocycles. The van der Waals surface area contributed by atoms with Gasteiger partial charge in [0, 0.05) is 17.6 Å². The largest absolute Gasteiger partial charge is 0.458 e. The van der Waals surface area contributed by atoms with Crippen molar-refractivity contribution in [2.24, 2.45) is 5.92 Å². The number of cyclic esters (lactones) is 1. The zero-order valence-electron chi connectivity index (χ0n) is 10.2. The molecule has 1 saturated heterocycles. The van der Waals surface area contributed by atoms with Crippen LogP contribution >= 0.6 is 0 Å². The fourth-order valence-corrected chi connectivity index (χ4v) is 2.43. The molecule has 3 aliphatic rings. The van der Waals surface area contributed by atoms with Crippen molar-refractivity contribution in [2.75, 3.05) is 0 Å². The van der Waals surface area contributed by atoms with E-state index in [2.05, 4.69) is 5.32 Å². The number of hydrogen-bond donors (Lipinski definition) is 2. The van der Waals surface area contributed by atoms with Crippen LogP contribution in [0.2, 0.25) is 0 Å². The lowest BCUT2D eigenvalue weighted by Gasteiger charge is -2.14. The Morgan fingerprint density at radius 3 is 2.89 bits per heavy atom. The Morgan fingerprint density at radius 2 is 2.21 bits per heavy atom. The molecule has 1 unspecified atom stereocenters. The summed E-state index contributed by atoms with van der Waals surface area (Å²) in [5.74, 6) is -1.04. The predicted molar refractivity (Wildman–Crippen MR) is 63.4 cm³/mol. The van der Waals surface area contributed by atoms with Crippen LogP contribution in [0.3, 0.4) is 0 Å². The van der Waals surface area contributed by atoms with Gasteiger partial charge in [-0.3, -0.25) is 4.79 Å². The molecule has 100 valence electrons. The van der Waals surface area contributed by atoms with Gasteiger partial charge in [-0.25, -0.2) is 4.79 Å². The Kier molecular flexibility index (Phi) is 2.67. The van der Waals surface area contributed by atoms with Crippen LogP contribution in [-0.2, 0) is 19.1 Å². The van der Waals surface area contributed by atoms with Crippen LogP contribution in [0.1, 0.15) is 6.92 Å². The maximum absolute atomic E-state index is 11.7. The molecule has 0 aromatic heterocycles. The van der Waals surface area contributed by atoms with Crippen molar-refractivity contribution in [2.45, 2.75) is 25.4 Å². The fraction of sp³-hybridized carbons (Fsp3) is 0.385. The summed E-state index contributed by atoms with van der Waals surface area (Å²) in [5.41, 5.74) is 0.830. The van der Waals surface area contributed by atoms with Crippen LogP contribution in [0.25, 0.3) is 0 Å². The van der Waals surface area contributed by atoms with Gasteiger partial charge >= 0.3 is 5.97 Å². The first-order valence-corrected chi connectivity index (χ1v) is 5.98. The van der Waals surface area contributed by atoms with Crippen LogP contribution in [0.4, 0.5) is 0 Å². The van der Waals surface area contributed by atoms with E-state index >= 15 is 0 Å². The topological polar surface area (TPSA) is 84.9 Å². The number of esters is 1. The highest BCUT2D eigenvalue weighted by Crippen LogP contribution is 2.32. The Balaban J connectivity index is 1.73. The van der Waals surface area contributed by atoms with Crippen molar-refractivity contribution in [3.05, 3.63) is 35.6 Å². The normalized spacial score (nSPS) is 38.2. The summed E-state index contributed by atoms with van der Waals surface area (Å²) in [7, 11) is 0. The van der Waals surface area contributed by atoms with Gasteiger partial charge in [0.05, 0.1) is 24.0 Å². The third-order valence-corrected chi connectivity index (χ3v) is 3.45. The van der Waals surface area contributed by atoms with Crippen molar-refractivity contribution >= 4 is 11.9 Å². The second-order valence-corrected chi connectivity index (χ2v) is 4.73. The van der Waals surface area contributed by atoms with E-state index in [1.807, 2.05) is 0 Å². The maximum Gasteiger partial charge on any atom is 0.336 e. The van der Waals surface area contributed by atoms with Crippen molar-refractivity contribution in [1.29, 1.82) is 0 Å². The predicted octanol–water partition coefficient (Wildman–Crippen LogP) is -0.239. The number of carbonyl (C=O) groups is 2. The van der Waals surface area contributed by atoms with Gasteiger partial charge in [0.25, 0.3) is 12.2 Å². The molecule has 19 heavy (non-hydrogen) atoms. The number of nitrogens with one attached hydrogen (secondary N) is 1. The summed E-state index contributed by atoms with van der Waals surface area (Å²) >= 11 is 0. The smallest absolute Gasteiger partial charge is 0.336 e. The lowest BCUT2D eigenvalue weighted by atomic mass is 9.96. The highest BCUT2D eigenvalue weighted by atomic mass is 16.7. The van der Waals surface area contributed by atoms with Gasteiger partial charge in [0.1, 0.15) is 0 Å². The first-order valence-electron chi connectivity index (χ1n) is 5.98. The van der Waals surface area contributed by atoms with Crippen molar-refractivity contribution in [3.63, 3.8) is 0 Å². The van der Waals surface area contributed by atoms with Crippen LogP contribution in [0.15, 0.2) is 35.6 Å². The number of aliphatic hydroxyl groups excluding tert-OH is 1. The number of rotatable bonds is 2. The molecular weight excluding hydrogens is 250 g/mol. The summed E-state index contributed by atoms with van der Waals surface area (Å²) in [6, 6.07) is -0.194. The molecular formula is C13H13NO5. The second kappa shape index (κ2) is 4.24. The lowest BCUT2D eigenvalue weighted by molar-refractivity contribution is -0.152. The quantitative estimate of drug-likeness (QED) is 0.311. The fourth-order valence-electron chi connectivity index (χ4n) is 2.43.